The number of allylic oxidation sites excluding steroid dienone is 24. The van der Waals surface area contributed by atoms with Gasteiger partial charge in [0.05, 0.1) is 0 Å². The lowest BCUT2D eigenvalue weighted by Crippen LogP contribution is -2.30. The fourth-order valence-electron chi connectivity index (χ4n) is 6.63. The number of hydrogen-bond donors (Lipinski definition) is 0. The van der Waals surface area contributed by atoms with Crippen LogP contribution < -0.4 is 0 Å². The minimum atomic E-state index is -0.818. The fourth-order valence-corrected chi connectivity index (χ4v) is 6.63. The number of hydrogen-bond acceptors (Lipinski definition) is 6. The van der Waals surface area contributed by atoms with Crippen molar-refractivity contribution in [3.63, 3.8) is 0 Å². The summed E-state index contributed by atoms with van der Waals surface area (Å²) in [4.78, 5) is 38.1. The van der Waals surface area contributed by atoms with Crippen molar-refractivity contribution in [3.8, 4) is 0 Å². The number of esters is 3. The number of ether oxygens (including phenoxy) is 3. The zero-order valence-electron chi connectivity index (χ0n) is 42.6. The second-order valence-electron chi connectivity index (χ2n) is 16.8. The summed E-state index contributed by atoms with van der Waals surface area (Å²) in [5.74, 6) is -0.991. The highest BCUT2D eigenvalue weighted by Gasteiger charge is 2.19. The van der Waals surface area contributed by atoms with Crippen molar-refractivity contribution < 1.29 is 28.6 Å². The molecule has 0 radical (unpaired) electrons. The van der Waals surface area contributed by atoms with Gasteiger partial charge in [-0.05, 0) is 96.3 Å². The SMILES string of the molecule is CC\C=C/C=C\C=C/C=C\C=C/CCCCCC(=O)OC(COC(=O)CCCCCCCC/C=C\C/C=C\C/C=C\C/C=C\CC)COC(=O)CCCCCCCCC\C=C/C=C\C=C/CC. The quantitative estimate of drug-likeness (QED) is 0.0199. The predicted octanol–water partition coefficient (Wildman–Crippen LogP) is 17.6. The van der Waals surface area contributed by atoms with Crippen LogP contribution in [-0.2, 0) is 28.6 Å². The molecular formula is C61H94O6. The Balaban J connectivity index is 4.52. The minimum Gasteiger partial charge on any atom is -0.462 e. The van der Waals surface area contributed by atoms with Crippen LogP contribution >= 0.6 is 0 Å². The lowest BCUT2D eigenvalue weighted by Gasteiger charge is -2.18. The van der Waals surface area contributed by atoms with E-state index in [2.05, 4.69) is 118 Å². The zero-order valence-corrected chi connectivity index (χ0v) is 42.6. The summed E-state index contributed by atoms with van der Waals surface area (Å²) in [7, 11) is 0. The van der Waals surface area contributed by atoms with E-state index in [0.717, 1.165) is 116 Å². The molecule has 67 heavy (non-hydrogen) atoms. The number of rotatable bonds is 45. The molecule has 0 aliphatic rings. The minimum absolute atomic E-state index is 0.113. The smallest absolute Gasteiger partial charge is 0.306 e. The lowest BCUT2D eigenvalue weighted by molar-refractivity contribution is -0.167. The van der Waals surface area contributed by atoms with Crippen LogP contribution in [0.25, 0.3) is 0 Å². The topological polar surface area (TPSA) is 78.9 Å². The van der Waals surface area contributed by atoms with Gasteiger partial charge in [0, 0.05) is 19.3 Å². The van der Waals surface area contributed by atoms with Gasteiger partial charge in [0.1, 0.15) is 13.2 Å². The first-order valence-electron chi connectivity index (χ1n) is 26.4. The normalized spacial score (nSPS) is 13.3. The summed E-state index contributed by atoms with van der Waals surface area (Å²) in [5.41, 5.74) is 0. The van der Waals surface area contributed by atoms with Gasteiger partial charge < -0.3 is 14.2 Å². The van der Waals surface area contributed by atoms with E-state index in [1.54, 1.807) is 0 Å². The van der Waals surface area contributed by atoms with Crippen LogP contribution in [0, 0.1) is 0 Å². The highest BCUT2D eigenvalue weighted by Crippen LogP contribution is 2.13. The van der Waals surface area contributed by atoms with Crippen molar-refractivity contribution in [2.45, 2.75) is 207 Å². The number of carbonyl (C=O) groups is 3. The van der Waals surface area contributed by atoms with E-state index in [0.29, 0.717) is 19.3 Å². The van der Waals surface area contributed by atoms with E-state index >= 15 is 0 Å². The Morgan fingerprint density at radius 3 is 1.03 bits per heavy atom. The van der Waals surface area contributed by atoms with Gasteiger partial charge in [0.25, 0.3) is 0 Å². The Morgan fingerprint density at radius 1 is 0.313 bits per heavy atom. The molecule has 0 heterocycles. The molecule has 1 unspecified atom stereocenters. The van der Waals surface area contributed by atoms with Gasteiger partial charge in [0.2, 0.25) is 0 Å². The van der Waals surface area contributed by atoms with Gasteiger partial charge in [-0.3, -0.25) is 14.4 Å². The van der Waals surface area contributed by atoms with Crippen LogP contribution in [0.2, 0.25) is 0 Å². The molecule has 374 valence electrons. The molecule has 0 spiro atoms. The van der Waals surface area contributed by atoms with Crippen molar-refractivity contribution in [1.29, 1.82) is 0 Å². The maximum absolute atomic E-state index is 12.8. The Labute approximate surface area is 410 Å². The molecule has 0 N–H and O–H groups in total. The van der Waals surface area contributed by atoms with Crippen LogP contribution in [0.5, 0.6) is 0 Å². The molecule has 0 aromatic rings. The second kappa shape index (κ2) is 53.9. The van der Waals surface area contributed by atoms with E-state index in [9.17, 15) is 14.4 Å². The van der Waals surface area contributed by atoms with Crippen molar-refractivity contribution in [3.05, 3.63) is 146 Å². The van der Waals surface area contributed by atoms with Gasteiger partial charge in [0.15, 0.2) is 6.10 Å². The third-order valence-electron chi connectivity index (χ3n) is 10.5. The predicted molar refractivity (Wildman–Crippen MR) is 288 cm³/mol. The molecule has 0 bridgehead atoms. The molecule has 0 saturated carbocycles. The van der Waals surface area contributed by atoms with E-state index in [1.165, 1.54) is 38.5 Å². The number of unbranched alkanes of at least 4 members (excludes halogenated alkanes) is 16. The zero-order chi connectivity index (χ0) is 48.6. The third-order valence-corrected chi connectivity index (χ3v) is 10.5. The van der Waals surface area contributed by atoms with Crippen molar-refractivity contribution in [1.82, 2.24) is 0 Å². The molecule has 0 aromatic carbocycles. The second-order valence-corrected chi connectivity index (χ2v) is 16.8. The average Bonchev–Trinajstić information content (AvgIpc) is 3.33. The molecule has 6 nitrogen and oxygen atoms in total. The molecule has 0 amide bonds. The Hall–Kier alpha value is -4.71. The maximum Gasteiger partial charge on any atom is 0.306 e. The summed E-state index contributed by atoms with van der Waals surface area (Å²) in [6.45, 7) is 6.17. The van der Waals surface area contributed by atoms with Crippen LogP contribution in [0.15, 0.2) is 146 Å². The molecule has 0 saturated heterocycles. The molecule has 1 atom stereocenters. The van der Waals surface area contributed by atoms with E-state index < -0.39 is 6.10 Å². The molecule has 0 aliphatic carbocycles. The van der Waals surface area contributed by atoms with Crippen molar-refractivity contribution in [2.24, 2.45) is 0 Å². The van der Waals surface area contributed by atoms with Crippen LogP contribution in [-0.4, -0.2) is 37.2 Å². The molecule has 0 rings (SSSR count). The van der Waals surface area contributed by atoms with Gasteiger partial charge in [-0.2, -0.15) is 0 Å². The van der Waals surface area contributed by atoms with Crippen LogP contribution in [0.3, 0.4) is 0 Å². The summed E-state index contributed by atoms with van der Waals surface area (Å²) in [6.07, 6.45) is 76.8. The average molecular weight is 923 g/mol. The molecule has 6 heteroatoms. The van der Waals surface area contributed by atoms with E-state index in [4.69, 9.17) is 14.2 Å². The molecule has 0 aromatic heterocycles. The van der Waals surface area contributed by atoms with Crippen LogP contribution in [0.1, 0.15) is 201 Å². The first kappa shape index (κ1) is 62.3. The summed E-state index contributed by atoms with van der Waals surface area (Å²) in [5, 5.41) is 0. The number of carbonyl (C=O) groups excluding carboxylic acids is 3. The largest absolute Gasteiger partial charge is 0.462 e. The van der Waals surface area contributed by atoms with E-state index in [-0.39, 0.29) is 37.5 Å². The first-order valence-corrected chi connectivity index (χ1v) is 26.4. The Morgan fingerprint density at radius 2 is 0.612 bits per heavy atom. The highest BCUT2D eigenvalue weighted by atomic mass is 16.6. The summed E-state index contributed by atoms with van der Waals surface area (Å²) < 4.78 is 16.8. The fraction of sp³-hybridized carbons (Fsp3) is 0.557. The van der Waals surface area contributed by atoms with E-state index in [1.807, 2.05) is 48.6 Å². The molecule has 0 fully saturated rings. The third kappa shape index (κ3) is 52.1. The van der Waals surface area contributed by atoms with Gasteiger partial charge in [-0.25, -0.2) is 0 Å². The molecular weight excluding hydrogens is 829 g/mol. The first-order chi connectivity index (χ1) is 33.0. The van der Waals surface area contributed by atoms with Crippen LogP contribution in [0.4, 0.5) is 0 Å². The maximum atomic E-state index is 12.8. The van der Waals surface area contributed by atoms with Gasteiger partial charge in [-0.1, -0.05) is 231 Å². The monoisotopic (exact) mass is 923 g/mol. The van der Waals surface area contributed by atoms with Gasteiger partial charge in [-0.15, -0.1) is 0 Å². The summed E-state index contributed by atoms with van der Waals surface area (Å²) in [6, 6.07) is 0. The standard InChI is InChI=1S/C61H94O6/c1-4-7-10-13-16-19-22-25-28-29-30-31-34-36-39-42-45-48-51-54-60(63)66-57-58(67-61(64)55-52-49-46-43-40-37-33-27-24-21-18-15-12-9-6-3)56-65-59(62)53-50-47-44-41-38-35-32-26-23-20-17-14-11-8-5-2/h7-12,14-21,23-25,27-28,30-31,33,37,40,58H,4-6,13,22,26,29,32,34-36,38-39,41-57H2,1-3H3/b10-7-,11-8-,12-9-,17-14-,18-15-,19-16-,23-20-,24-21-,28-25-,31-30-,33-27-,40-37-. The highest BCUT2D eigenvalue weighted by molar-refractivity contribution is 5.71. The van der Waals surface area contributed by atoms with Crippen molar-refractivity contribution in [2.75, 3.05) is 13.2 Å². The van der Waals surface area contributed by atoms with Crippen molar-refractivity contribution >= 4 is 17.9 Å². The van der Waals surface area contributed by atoms with Gasteiger partial charge >= 0.3 is 17.9 Å². The molecule has 0 aliphatic heterocycles. The Bertz CT molecular complexity index is 1530. The lowest BCUT2D eigenvalue weighted by atomic mass is 10.1. The summed E-state index contributed by atoms with van der Waals surface area (Å²) >= 11 is 0. The Kier molecular flexibility index (Phi) is 50.1.